The van der Waals surface area contributed by atoms with E-state index in [2.05, 4.69) is 17.9 Å². The maximum Gasteiger partial charge on any atom is 0.152 e. The summed E-state index contributed by atoms with van der Waals surface area (Å²) in [7, 11) is -2.90. The Hall–Kier alpha value is -0.360. The zero-order chi connectivity index (χ0) is 8.48. The van der Waals surface area contributed by atoms with E-state index < -0.39 is 15.1 Å². The van der Waals surface area contributed by atoms with Gasteiger partial charge in [0.05, 0.1) is 16.7 Å². The smallest absolute Gasteiger partial charge is 0.152 e. The van der Waals surface area contributed by atoms with E-state index in [1.165, 1.54) is 0 Å². The summed E-state index contributed by atoms with van der Waals surface area (Å²) >= 11 is 4.25. The fraction of sp³-hybridized carbons (Fsp3) is 0.800. The minimum absolute atomic E-state index is 0.0371. The van der Waals surface area contributed by atoms with Crippen LogP contribution in [0, 0.1) is 0 Å². The molecule has 1 rings (SSSR count). The first kappa shape index (κ1) is 8.73. The summed E-state index contributed by atoms with van der Waals surface area (Å²) in [6, 6.07) is -0.259. The van der Waals surface area contributed by atoms with Crippen LogP contribution in [-0.2, 0) is 22.5 Å². The van der Waals surface area contributed by atoms with Crippen LogP contribution in [0.3, 0.4) is 0 Å². The van der Waals surface area contributed by atoms with Crippen molar-refractivity contribution < 1.29 is 13.2 Å². The van der Waals surface area contributed by atoms with Crippen LogP contribution >= 0.6 is 0 Å². The summed E-state index contributed by atoms with van der Waals surface area (Å²) in [6.07, 6.45) is 0.491. The lowest BCUT2D eigenvalue weighted by Crippen LogP contribution is -2.33. The van der Waals surface area contributed by atoms with Gasteiger partial charge >= 0.3 is 0 Å². The topological polar surface area (TPSA) is 63.2 Å². The fourth-order valence-corrected chi connectivity index (χ4v) is 2.92. The van der Waals surface area contributed by atoms with E-state index >= 15 is 0 Å². The number of amides is 1. The van der Waals surface area contributed by atoms with E-state index in [9.17, 15) is 13.2 Å². The molecular formula is C5H8NO3S2-. The monoisotopic (exact) mass is 194 g/mol. The number of hydrogen-bond acceptors (Lipinski definition) is 4. The molecule has 0 aromatic heterocycles. The standard InChI is InChI=1S/C5H9NO3S2/c7-5(10)6-4-1-2-11(8,9)3-4/h4H,1-3H2,(H2,6,7,10)/p-1. The van der Waals surface area contributed by atoms with E-state index in [1.54, 1.807) is 0 Å². The second kappa shape index (κ2) is 2.94. The number of hydrogen-bond donors (Lipinski definition) is 1. The summed E-state index contributed by atoms with van der Waals surface area (Å²) in [4.78, 5) is 10.3. The van der Waals surface area contributed by atoms with Crippen LogP contribution in [0.25, 0.3) is 0 Å². The molecule has 0 saturated carbocycles. The number of carbonyl (C=O) groups is 1. The predicted molar refractivity (Wildman–Crippen MR) is 43.0 cm³/mol. The summed E-state index contributed by atoms with van der Waals surface area (Å²) in [5, 5.41) is 1.82. The molecule has 0 aliphatic carbocycles. The molecule has 1 atom stereocenters. The number of rotatable bonds is 1. The van der Waals surface area contributed by atoms with E-state index in [1.807, 2.05) is 0 Å². The van der Waals surface area contributed by atoms with Crippen molar-refractivity contribution in [2.75, 3.05) is 11.5 Å². The molecule has 0 aromatic carbocycles. The van der Waals surface area contributed by atoms with Crippen molar-refractivity contribution in [3.05, 3.63) is 0 Å². The molecule has 0 bridgehead atoms. The van der Waals surface area contributed by atoms with Gasteiger partial charge in [0.1, 0.15) is 0 Å². The molecule has 1 N–H and O–H groups in total. The molecule has 1 amide bonds. The lowest BCUT2D eigenvalue weighted by Gasteiger charge is -2.12. The fourth-order valence-electron chi connectivity index (χ4n) is 1.08. The maximum atomic E-state index is 10.8. The van der Waals surface area contributed by atoms with Gasteiger partial charge in [-0.05, 0) is 6.42 Å². The van der Waals surface area contributed by atoms with Crippen molar-refractivity contribution >= 4 is 27.7 Å². The minimum Gasteiger partial charge on any atom is -0.719 e. The van der Waals surface area contributed by atoms with Crippen LogP contribution in [-0.4, -0.2) is 31.2 Å². The van der Waals surface area contributed by atoms with Gasteiger partial charge in [0.2, 0.25) is 0 Å². The molecular weight excluding hydrogens is 186 g/mol. The number of nitrogens with one attached hydrogen (secondary N) is 1. The minimum atomic E-state index is -2.90. The van der Waals surface area contributed by atoms with Crippen LogP contribution in [0.5, 0.6) is 0 Å². The Morgan fingerprint density at radius 1 is 1.55 bits per heavy atom. The number of sulfone groups is 1. The Labute approximate surface area is 70.7 Å². The van der Waals surface area contributed by atoms with Crippen molar-refractivity contribution in [3.8, 4) is 0 Å². The molecule has 0 aromatic rings. The van der Waals surface area contributed by atoms with Crippen molar-refractivity contribution in [2.24, 2.45) is 0 Å². The van der Waals surface area contributed by atoms with Crippen molar-refractivity contribution in [3.63, 3.8) is 0 Å². The highest BCUT2D eigenvalue weighted by molar-refractivity contribution is 7.91. The predicted octanol–water partition coefficient (Wildman–Crippen LogP) is -0.570. The van der Waals surface area contributed by atoms with Crippen molar-refractivity contribution in [2.45, 2.75) is 12.5 Å². The van der Waals surface area contributed by atoms with Gasteiger partial charge in [-0.2, -0.15) is 0 Å². The highest BCUT2D eigenvalue weighted by Gasteiger charge is 2.27. The second-order valence-electron chi connectivity index (χ2n) is 2.53. The van der Waals surface area contributed by atoms with E-state index in [0.717, 1.165) is 0 Å². The van der Waals surface area contributed by atoms with Crippen molar-refractivity contribution in [1.82, 2.24) is 5.32 Å². The highest BCUT2D eigenvalue weighted by atomic mass is 32.2. The first-order valence-corrected chi connectivity index (χ1v) is 5.40. The molecule has 1 saturated heterocycles. The largest absolute Gasteiger partial charge is 0.719 e. The van der Waals surface area contributed by atoms with E-state index in [0.29, 0.717) is 6.42 Å². The zero-order valence-corrected chi connectivity index (χ0v) is 7.37. The zero-order valence-electron chi connectivity index (χ0n) is 5.74. The third kappa shape index (κ3) is 2.63. The molecule has 1 unspecified atom stereocenters. The van der Waals surface area contributed by atoms with Crippen LogP contribution in [0.15, 0.2) is 0 Å². The lowest BCUT2D eigenvalue weighted by molar-refractivity contribution is 0.258. The van der Waals surface area contributed by atoms with Crippen LogP contribution in [0.2, 0.25) is 0 Å². The molecule has 1 aliphatic rings. The molecule has 0 radical (unpaired) electrons. The molecule has 64 valence electrons. The number of carbonyl (C=O) groups excluding carboxylic acids is 1. The van der Waals surface area contributed by atoms with Gasteiger partial charge in [0.25, 0.3) is 0 Å². The quantitative estimate of drug-likeness (QED) is 0.568. The molecule has 6 heteroatoms. The van der Waals surface area contributed by atoms with E-state index in [-0.39, 0.29) is 17.5 Å². The van der Waals surface area contributed by atoms with Crippen molar-refractivity contribution in [1.29, 1.82) is 0 Å². The van der Waals surface area contributed by atoms with Crippen LogP contribution in [0.4, 0.5) is 4.79 Å². The Bertz CT molecular complexity index is 259. The Morgan fingerprint density at radius 3 is 2.55 bits per heavy atom. The van der Waals surface area contributed by atoms with Gasteiger partial charge < -0.3 is 22.7 Å². The second-order valence-corrected chi connectivity index (χ2v) is 5.13. The van der Waals surface area contributed by atoms with Crippen LogP contribution in [0.1, 0.15) is 6.42 Å². The molecule has 1 heterocycles. The summed E-state index contributed by atoms with van der Waals surface area (Å²) in [5.41, 5.74) is 0. The molecule has 0 spiro atoms. The third-order valence-electron chi connectivity index (χ3n) is 1.55. The molecule has 4 nitrogen and oxygen atoms in total. The van der Waals surface area contributed by atoms with Gasteiger partial charge in [-0.3, -0.25) is 0 Å². The van der Waals surface area contributed by atoms with Gasteiger partial charge in [-0.15, -0.1) is 0 Å². The Kier molecular flexibility index (Phi) is 2.34. The Balaban J connectivity index is 2.49. The SMILES string of the molecule is O=C([S-])NC1CCS(=O)(=O)C1. The third-order valence-corrected chi connectivity index (χ3v) is 3.44. The van der Waals surface area contributed by atoms with Gasteiger partial charge in [-0.1, -0.05) is 0 Å². The van der Waals surface area contributed by atoms with Crippen LogP contribution < -0.4 is 5.32 Å². The Morgan fingerprint density at radius 2 is 2.18 bits per heavy atom. The average Bonchev–Trinajstić information content (AvgIpc) is 2.08. The van der Waals surface area contributed by atoms with Gasteiger partial charge in [0, 0.05) is 6.04 Å². The van der Waals surface area contributed by atoms with E-state index in [4.69, 9.17) is 0 Å². The summed E-state index contributed by atoms with van der Waals surface area (Å²) in [5.74, 6) is 0.197. The molecule has 1 aliphatic heterocycles. The highest BCUT2D eigenvalue weighted by Crippen LogP contribution is 2.10. The lowest BCUT2D eigenvalue weighted by atomic mass is 10.3. The summed E-state index contributed by atoms with van der Waals surface area (Å²) in [6.45, 7) is 0. The average molecular weight is 194 g/mol. The first-order valence-electron chi connectivity index (χ1n) is 3.17. The van der Waals surface area contributed by atoms with Gasteiger partial charge in [-0.25, -0.2) is 8.42 Å². The molecule has 11 heavy (non-hydrogen) atoms. The molecule has 1 fully saturated rings. The maximum absolute atomic E-state index is 10.8. The van der Waals surface area contributed by atoms with Gasteiger partial charge in [0.15, 0.2) is 9.84 Å². The first-order chi connectivity index (χ1) is 4.99. The normalized spacial score (nSPS) is 28.2. The summed E-state index contributed by atoms with van der Waals surface area (Å²) < 4.78 is 21.7.